The Morgan fingerprint density at radius 2 is 1.83 bits per heavy atom. The fraction of sp³-hybridized carbons (Fsp3) is 0.611. The van der Waals surface area contributed by atoms with Gasteiger partial charge in [-0.05, 0) is 50.9 Å². The SMILES string of the molecule is COc1cccc(OC)c1C(=O)N1CCC[C@@H]2CN(C)CC[C@H]21. The van der Waals surface area contributed by atoms with Crippen LogP contribution in [0.2, 0.25) is 0 Å². The third kappa shape index (κ3) is 3.02. The Balaban J connectivity index is 1.91. The van der Waals surface area contributed by atoms with Crippen molar-refractivity contribution in [1.29, 1.82) is 0 Å². The van der Waals surface area contributed by atoms with E-state index in [1.807, 2.05) is 18.2 Å². The molecule has 0 radical (unpaired) electrons. The van der Waals surface area contributed by atoms with E-state index in [0.717, 1.165) is 32.5 Å². The van der Waals surface area contributed by atoms with Crippen LogP contribution >= 0.6 is 0 Å². The van der Waals surface area contributed by atoms with E-state index in [9.17, 15) is 4.79 Å². The molecule has 2 saturated heterocycles. The second-order valence-electron chi connectivity index (χ2n) is 6.56. The average Bonchev–Trinajstić information content (AvgIpc) is 2.59. The number of benzene rings is 1. The summed E-state index contributed by atoms with van der Waals surface area (Å²) in [5.41, 5.74) is 0.553. The molecular formula is C18H26N2O3. The highest BCUT2D eigenvalue weighted by atomic mass is 16.5. The van der Waals surface area contributed by atoms with Crippen molar-refractivity contribution < 1.29 is 14.3 Å². The lowest BCUT2D eigenvalue weighted by molar-refractivity contribution is 0.0249. The molecule has 0 bridgehead atoms. The zero-order chi connectivity index (χ0) is 16.4. The van der Waals surface area contributed by atoms with Crippen molar-refractivity contribution in [3.8, 4) is 11.5 Å². The first-order valence-electron chi connectivity index (χ1n) is 8.36. The number of rotatable bonds is 3. The number of likely N-dealkylation sites (tertiary alicyclic amines) is 2. The maximum atomic E-state index is 13.2. The number of hydrogen-bond acceptors (Lipinski definition) is 4. The third-order valence-corrected chi connectivity index (χ3v) is 5.17. The lowest BCUT2D eigenvalue weighted by Crippen LogP contribution is -2.55. The Labute approximate surface area is 138 Å². The first-order valence-corrected chi connectivity index (χ1v) is 8.36. The maximum absolute atomic E-state index is 13.2. The van der Waals surface area contributed by atoms with Crippen LogP contribution in [0.4, 0.5) is 0 Å². The van der Waals surface area contributed by atoms with Crippen molar-refractivity contribution in [3.63, 3.8) is 0 Å². The minimum atomic E-state index is 0.0403. The summed E-state index contributed by atoms with van der Waals surface area (Å²) in [6.45, 7) is 2.95. The molecular weight excluding hydrogens is 292 g/mol. The molecule has 3 rings (SSSR count). The van der Waals surface area contributed by atoms with E-state index in [0.29, 0.717) is 29.0 Å². The molecule has 2 atom stereocenters. The van der Waals surface area contributed by atoms with Crippen LogP contribution < -0.4 is 9.47 Å². The molecule has 1 aromatic carbocycles. The third-order valence-electron chi connectivity index (χ3n) is 5.17. The summed E-state index contributed by atoms with van der Waals surface area (Å²) in [6, 6.07) is 5.84. The van der Waals surface area contributed by atoms with E-state index in [2.05, 4.69) is 16.8 Å². The van der Waals surface area contributed by atoms with Gasteiger partial charge in [-0.15, -0.1) is 0 Å². The van der Waals surface area contributed by atoms with Gasteiger partial charge in [0.2, 0.25) is 0 Å². The van der Waals surface area contributed by atoms with Crippen molar-refractivity contribution in [3.05, 3.63) is 23.8 Å². The number of methoxy groups -OCH3 is 2. The van der Waals surface area contributed by atoms with Crippen molar-refractivity contribution in [2.75, 3.05) is 40.9 Å². The summed E-state index contributed by atoms with van der Waals surface area (Å²) in [5.74, 6) is 1.79. The number of hydrogen-bond donors (Lipinski definition) is 0. The molecule has 0 unspecified atom stereocenters. The van der Waals surface area contributed by atoms with Crippen LogP contribution in [0.5, 0.6) is 11.5 Å². The highest BCUT2D eigenvalue weighted by Gasteiger charge is 2.38. The fourth-order valence-corrected chi connectivity index (χ4v) is 4.04. The summed E-state index contributed by atoms with van der Waals surface area (Å²) in [6.07, 6.45) is 3.32. The van der Waals surface area contributed by atoms with E-state index in [1.165, 1.54) is 6.42 Å². The van der Waals surface area contributed by atoms with Gasteiger partial charge in [0, 0.05) is 19.1 Å². The topological polar surface area (TPSA) is 42.0 Å². The predicted octanol–water partition coefficient (Wildman–Crippen LogP) is 2.26. The molecule has 2 heterocycles. The van der Waals surface area contributed by atoms with Crippen LogP contribution in [-0.2, 0) is 0 Å². The van der Waals surface area contributed by atoms with Gasteiger partial charge < -0.3 is 19.3 Å². The summed E-state index contributed by atoms with van der Waals surface area (Å²) in [5, 5.41) is 0. The van der Waals surface area contributed by atoms with Gasteiger partial charge in [0.1, 0.15) is 17.1 Å². The van der Waals surface area contributed by atoms with Gasteiger partial charge >= 0.3 is 0 Å². The molecule has 5 nitrogen and oxygen atoms in total. The maximum Gasteiger partial charge on any atom is 0.261 e. The van der Waals surface area contributed by atoms with Gasteiger partial charge in [0.25, 0.3) is 5.91 Å². The molecule has 2 aliphatic heterocycles. The van der Waals surface area contributed by atoms with Crippen LogP contribution in [0, 0.1) is 5.92 Å². The quantitative estimate of drug-likeness (QED) is 0.857. The minimum absolute atomic E-state index is 0.0403. The first-order chi connectivity index (χ1) is 11.2. The van der Waals surface area contributed by atoms with Gasteiger partial charge in [-0.3, -0.25) is 4.79 Å². The second kappa shape index (κ2) is 6.79. The zero-order valence-electron chi connectivity index (χ0n) is 14.2. The van der Waals surface area contributed by atoms with Gasteiger partial charge in [0.05, 0.1) is 14.2 Å². The van der Waals surface area contributed by atoms with Gasteiger partial charge in [0.15, 0.2) is 0 Å². The van der Waals surface area contributed by atoms with Crippen molar-refractivity contribution in [2.45, 2.75) is 25.3 Å². The number of carbonyl (C=O) groups is 1. The Kier molecular flexibility index (Phi) is 4.76. The van der Waals surface area contributed by atoms with Crippen molar-refractivity contribution in [2.24, 2.45) is 5.92 Å². The zero-order valence-corrected chi connectivity index (χ0v) is 14.2. The smallest absolute Gasteiger partial charge is 0.261 e. The average molecular weight is 318 g/mol. The highest BCUT2D eigenvalue weighted by molar-refractivity contribution is 6.00. The molecule has 1 aromatic rings. The van der Waals surface area contributed by atoms with Gasteiger partial charge in [-0.2, -0.15) is 0 Å². The standard InChI is InChI=1S/C18H26N2O3/c1-19-11-9-14-13(12-19)6-5-10-20(14)18(21)17-15(22-2)7-4-8-16(17)23-3/h4,7-8,13-14H,5-6,9-12H2,1-3H3/t13-,14-/m1/s1. The molecule has 2 fully saturated rings. The molecule has 126 valence electrons. The van der Waals surface area contributed by atoms with Crippen molar-refractivity contribution in [1.82, 2.24) is 9.80 Å². The molecule has 0 aliphatic carbocycles. The molecule has 23 heavy (non-hydrogen) atoms. The van der Waals surface area contributed by atoms with Crippen LogP contribution in [0.1, 0.15) is 29.6 Å². The Morgan fingerprint density at radius 1 is 1.13 bits per heavy atom. The minimum Gasteiger partial charge on any atom is -0.496 e. The molecule has 0 saturated carbocycles. The fourth-order valence-electron chi connectivity index (χ4n) is 4.04. The van der Waals surface area contributed by atoms with E-state index < -0.39 is 0 Å². The number of ether oxygens (including phenoxy) is 2. The number of fused-ring (bicyclic) bond motifs is 1. The Bertz CT molecular complexity index is 553. The highest BCUT2D eigenvalue weighted by Crippen LogP contribution is 2.35. The lowest BCUT2D eigenvalue weighted by Gasteiger charge is -2.46. The number of carbonyl (C=O) groups excluding carboxylic acids is 1. The van der Waals surface area contributed by atoms with E-state index in [-0.39, 0.29) is 5.91 Å². The van der Waals surface area contributed by atoms with Gasteiger partial charge in [-0.25, -0.2) is 0 Å². The van der Waals surface area contributed by atoms with Crippen LogP contribution in [0.3, 0.4) is 0 Å². The summed E-state index contributed by atoms with van der Waals surface area (Å²) in [7, 11) is 5.36. The van der Waals surface area contributed by atoms with E-state index in [4.69, 9.17) is 9.47 Å². The summed E-state index contributed by atoms with van der Waals surface area (Å²) in [4.78, 5) is 17.7. The van der Waals surface area contributed by atoms with Crippen LogP contribution in [0.25, 0.3) is 0 Å². The molecule has 0 N–H and O–H groups in total. The number of nitrogens with zero attached hydrogens (tertiary/aromatic N) is 2. The normalized spacial score (nSPS) is 24.9. The lowest BCUT2D eigenvalue weighted by atomic mass is 9.83. The monoisotopic (exact) mass is 318 g/mol. The Morgan fingerprint density at radius 3 is 2.48 bits per heavy atom. The molecule has 5 heteroatoms. The molecule has 0 spiro atoms. The largest absolute Gasteiger partial charge is 0.496 e. The summed E-state index contributed by atoms with van der Waals surface area (Å²) < 4.78 is 10.8. The predicted molar refractivity (Wildman–Crippen MR) is 89.2 cm³/mol. The number of piperidine rings is 2. The number of amides is 1. The molecule has 0 aromatic heterocycles. The Hall–Kier alpha value is -1.75. The second-order valence-corrected chi connectivity index (χ2v) is 6.56. The van der Waals surface area contributed by atoms with E-state index >= 15 is 0 Å². The summed E-state index contributed by atoms with van der Waals surface area (Å²) >= 11 is 0. The van der Waals surface area contributed by atoms with E-state index in [1.54, 1.807) is 14.2 Å². The molecule has 1 amide bonds. The van der Waals surface area contributed by atoms with Crippen LogP contribution in [-0.4, -0.2) is 62.7 Å². The first kappa shape index (κ1) is 16.1. The van der Waals surface area contributed by atoms with Crippen molar-refractivity contribution >= 4 is 5.91 Å². The van der Waals surface area contributed by atoms with Crippen LogP contribution in [0.15, 0.2) is 18.2 Å². The molecule has 2 aliphatic rings. The van der Waals surface area contributed by atoms with Gasteiger partial charge in [-0.1, -0.05) is 6.07 Å².